The minimum atomic E-state index is -1.77. The summed E-state index contributed by atoms with van der Waals surface area (Å²) in [5, 5.41) is 12.0. The Balaban J connectivity index is 1.47. The highest BCUT2D eigenvalue weighted by Gasteiger charge is 2.45. The Morgan fingerprint density at radius 2 is 1.52 bits per heavy atom. The number of anilines is 1. The van der Waals surface area contributed by atoms with E-state index in [0.29, 0.717) is 11.5 Å². The Bertz CT molecular complexity index is 2340. The zero-order valence-electron chi connectivity index (χ0n) is 35.7. The molecular weight excluding hydrogens is 801 g/mol. The Kier molecular flexibility index (Phi) is 14.8. The first-order valence-electron chi connectivity index (χ1n) is 20.3. The second-order valence-electron chi connectivity index (χ2n) is 15.4. The molecular formula is C44H54N7O9P. The Morgan fingerprint density at radius 3 is 2.07 bits per heavy atom. The maximum Gasteiger partial charge on any atom is 0.329 e. The van der Waals surface area contributed by atoms with Crippen molar-refractivity contribution in [2.75, 3.05) is 32.8 Å². The monoisotopic (exact) mass is 855 g/mol. The number of fused-ring (bicyclic) bond motifs is 1. The number of rotatable bonds is 19. The molecule has 1 amide bonds. The Labute approximate surface area is 356 Å². The molecule has 1 fully saturated rings. The molecule has 3 aromatic carbocycles. The maximum absolute atomic E-state index is 13.8. The molecule has 1 saturated heterocycles. The van der Waals surface area contributed by atoms with Crippen LogP contribution in [0.15, 0.2) is 88.5 Å². The zero-order valence-corrected chi connectivity index (χ0v) is 36.6. The van der Waals surface area contributed by atoms with Gasteiger partial charge in [0, 0.05) is 24.4 Å². The highest BCUT2D eigenvalue weighted by atomic mass is 31.2. The van der Waals surface area contributed by atoms with Crippen LogP contribution in [0.2, 0.25) is 0 Å². The van der Waals surface area contributed by atoms with Crippen LogP contribution >= 0.6 is 8.53 Å². The van der Waals surface area contributed by atoms with Crippen LogP contribution in [0.4, 0.5) is 5.95 Å². The topological polar surface area (TPSA) is 195 Å². The van der Waals surface area contributed by atoms with E-state index in [-0.39, 0.29) is 61.2 Å². The van der Waals surface area contributed by atoms with Gasteiger partial charge in [-0.1, -0.05) is 68.4 Å². The van der Waals surface area contributed by atoms with E-state index in [9.17, 15) is 19.6 Å². The Morgan fingerprint density at radius 1 is 0.934 bits per heavy atom. The van der Waals surface area contributed by atoms with Crippen LogP contribution < -0.4 is 26.0 Å². The van der Waals surface area contributed by atoms with Gasteiger partial charge in [-0.3, -0.25) is 24.9 Å². The van der Waals surface area contributed by atoms with Crippen LogP contribution in [0.3, 0.4) is 0 Å². The number of benzene rings is 3. The number of methoxy groups -OCH3 is 2. The van der Waals surface area contributed by atoms with E-state index in [0.717, 1.165) is 16.7 Å². The predicted molar refractivity (Wildman–Crippen MR) is 231 cm³/mol. The number of aromatic amines is 2. The summed E-state index contributed by atoms with van der Waals surface area (Å²) in [4.78, 5) is 49.3. The lowest BCUT2D eigenvalue weighted by molar-refractivity contribution is -0.118. The van der Waals surface area contributed by atoms with Gasteiger partial charge in [-0.25, -0.2) is 14.0 Å². The lowest BCUT2D eigenvalue weighted by Crippen LogP contribution is -2.39. The van der Waals surface area contributed by atoms with Gasteiger partial charge < -0.3 is 28.0 Å². The number of H-pyrrole nitrogens is 2. The fraction of sp³-hybridized carbons (Fsp3) is 0.432. The van der Waals surface area contributed by atoms with E-state index >= 15 is 0 Å². The van der Waals surface area contributed by atoms with Crippen molar-refractivity contribution in [2.45, 2.75) is 90.5 Å². The van der Waals surface area contributed by atoms with Gasteiger partial charge in [-0.2, -0.15) is 10.2 Å². The SMILES string of the molecule is COc1ccc(C(OC[C@H]2O[C@@H](n3c(=O)[nH]c4c(=O)[nH]c(NC(=O)C(C)C)nc43)C[C@H]2OP(OCCC#N)N(C(C)C)C(C)C)(c2ccccc2)c2ccc(OC)cc2)cc1. The van der Waals surface area contributed by atoms with Crippen LogP contribution in [0.5, 0.6) is 11.5 Å². The molecule has 1 unspecified atom stereocenters. The lowest BCUT2D eigenvalue weighted by atomic mass is 9.80. The summed E-state index contributed by atoms with van der Waals surface area (Å²) in [6, 6.07) is 27.3. The molecule has 2 aromatic heterocycles. The third kappa shape index (κ3) is 9.89. The average Bonchev–Trinajstić information content (AvgIpc) is 3.80. The quantitative estimate of drug-likeness (QED) is 0.0439. The van der Waals surface area contributed by atoms with Crippen LogP contribution in [0.1, 0.15) is 77.3 Å². The minimum absolute atomic E-state index is 0.00326. The summed E-state index contributed by atoms with van der Waals surface area (Å²) >= 11 is 0. The molecule has 16 nitrogen and oxygen atoms in total. The largest absolute Gasteiger partial charge is 0.497 e. The summed E-state index contributed by atoms with van der Waals surface area (Å²) in [6.45, 7) is 11.7. The Hall–Kier alpha value is -5.40. The molecule has 17 heteroatoms. The molecule has 0 bridgehead atoms. The molecule has 1 aliphatic rings. The van der Waals surface area contributed by atoms with Gasteiger partial charge >= 0.3 is 5.69 Å². The van der Waals surface area contributed by atoms with Crippen molar-refractivity contribution in [1.29, 1.82) is 5.26 Å². The number of nitrogens with zero attached hydrogens (tertiary/aromatic N) is 4. The number of imidazole rings is 1. The predicted octanol–water partition coefficient (Wildman–Crippen LogP) is 6.98. The van der Waals surface area contributed by atoms with E-state index in [1.807, 2.05) is 107 Å². The molecule has 61 heavy (non-hydrogen) atoms. The first-order chi connectivity index (χ1) is 29.3. The van der Waals surface area contributed by atoms with E-state index in [1.54, 1.807) is 28.1 Å². The standard InChI is InChI=1S/C44H54N7O9P/c1-27(2)40(52)48-42-47-39-38(41(53)49-42)46-43(54)50(39)37-25-35(60-61(58-24-12-23-45)51(28(3)4)29(5)6)36(59-37)26-57-44(30-13-10-9-11-14-30,31-15-19-33(55-7)20-16-31)32-17-21-34(56-8)22-18-32/h9-11,13-22,27-29,35-37H,12,24-26H2,1-8H3,(H,46,54)(H2,47,48,49,52,53)/t35-,36-,37-,61?/m1/s1. The van der Waals surface area contributed by atoms with Crippen LogP contribution in [-0.4, -0.2) is 81.8 Å². The third-order valence-corrected chi connectivity index (χ3v) is 12.5. The van der Waals surface area contributed by atoms with Crippen molar-refractivity contribution < 1.29 is 32.8 Å². The van der Waals surface area contributed by atoms with Gasteiger partial charge in [-0.15, -0.1) is 0 Å². The van der Waals surface area contributed by atoms with Crippen molar-refractivity contribution >= 4 is 31.5 Å². The molecule has 324 valence electrons. The molecule has 0 spiro atoms. The summed E-state index contributed by atoms with van der Waals surface area (Å²) in [7, 11) is 1.45. The molecule has 3 N–H and O–H groups in total. The number of nitriles is 1. The lowest BCUT2D eigenvalue weighted by Gasteiger charge is -2.39. The number of hydrogen-bond acceptors (Lipinski definition) is 12. The number of nitrogens with one attached hydrogen (secondary N) is 3. The highest BCUT2D eigenvalue weighted by Crippen LogP contribution is 2.51. The van der Waals surface area contributed by atoms with E-state index in [1.165, 1.54) is 4.57 Å². The number of hydrogen-bond donors (Lipinski definition) is 3. The smallest absolute Gasteiger partial charge is 0.329 e. The van der Waals surface area contributed by atoms with Gasteiger partial charge in [0.05, 0.1) is 46.0 Å². The van der Waals surface area contributed by atoms with Gasteiger partial charge in [0.1, 0.15) is 29.4 Å². The average molecular weight is 856 g/mol. The van der Waals surface area contributed by atoms with E-state index in [4.69, 9.17) is 28.0 Å². The van der Waals surface area contributed by atoms with Crippen LogP contribution in [0, 0.1) is 17.2 Å². The number of ether oxygens (including phenoxy) is 4. The third-order valence-electron chi connectivity index (χ3n) is 10.3. The number of carbonyl (C=O) groups excluding carboxylic acids is 1. The molecule has 0 saturated carbocycles. The molecule has 6 rings (SSSR count). The summed E-state index contributed by atoms with van der Waals surface area (Å²) in [5.41, 5.74) is -0.144. The van der Waals surface area contributed by atoms with Crippen molar-refractivity contribution in [1.82, 2.24) is 24.2 Å². The van der Waals surface area contributed by atoms with E-state index < -0.39 is 49.7 Å². The van der Waals surface area contributed by atoms with Gasteiger partial charge in [0.15, 0.2) is 11.2 Å². The number of carbonyl (C=O) groups is 1. The zero-order chi connectivity index (χ0) is 43.8. The molecule has 4 atom stereocenters. The maximum atomic E-state index is 13.8. The van der Waals surface area contributed by atoms with Crippen molar-refractivity contribution in [3.63, 3.8) is 0 Å². The van der Waals surface area contributed by atoms with Crippen molar-refractivity contribution in [3.05, 3.63) is 116 Å². The fourth-order valence-corrected chi connectivity index (χ4v) is 9.17. The van der Waals surface area contributed by atoms with E-state index in [2.05, 4.69) is 31.0 Å². The number of aromatic nitrogens is 4. The van der Waals surface area contributed by atoms with Gasteiger partial charge in [0.2, 0.25) is 11.9 Å². The summed E-state index contributed by atoms with van der Waals surface area (Å²) < 4.78 is 41.8. The molecule has 0 aliphatic carbocycles. The normalized spacial score (nSPS) is 17.3. The van der Waals surface area contributed by atoms with Gasteiger partial charge in [0.25, 0.3) is 14.1 Å². The number of amides is 1. The second-order valence-corrected chi connectivity index (χ2v) is 16.8. The summed E-state index contributed by atoms with van der Waals surface area (Å²) in [5.74, 6) is 0.467. The first kappa shape index (κ1) is 45.1. The molecule has 0 radical (unpaired) electrons. The molecule has 3 heterocycles. The van der Waals surface area contributed by atoms with Crippen LogP contribution in [0.25, 0.3) is 11.2 Å². The highest BCUT2D eigenvalue weighted by molar-refractivity contribution is 7.44. The van der Waals surface area contributed by atoms with Crippen molar-refractivity contribution in [2.24, 2.45) is 5.92 Å². The minimum Gasteiger partial charge on any atom is -0.497 e. The van der Waals surface area contributed by atoms with Gasteiger partial charge in [-0.05, 0) is 68.7 Å². The molecule has 1 aliphatic heterocycles. The second kappa shape index (κ2) is 20.0. The summed E-state index contributed by atoms with van der Waals surface area (Å²) in [6.07, 6.45) is -2.28. The fourth-order valence-electron chi connectivity index (χ4n) is 7.41. The molecule has 5 aromatic rings. The first-order valence-corrected chi connectivity index (χ1v) is 21.4. The van der Waals surface area contributed by atoms with Crippen LogP contribution in [-0.2, 0) is 28.9 Å². The van der Waals surface area contributed by atoms with Crippen molar-refractivity contribution in [3.8, 4) is 17.6 Å².